The number of anilines is 1. The number of amides is 1. The Morgan fingerprint density at radius 2 is 1.68 bits per heavy atom. The van der Waals surface area contributed by atoms with Gasteiger partial charge in [-0.3, -0.25) is 9.78 Å². The summed E-state index contributed by atoms with van der Waals surface area (Å²) in [7, 11) is 1.97. The number of fused-ring (bicyclic) bond motifs is 2. The highest BCUT2D eigenvalue weighted by atomic mass is 32.1. The molecule has 1 aliphatic heterocycles. The molecule has 11 heteroatoms. The first-order chi connectivity index (χ1) is 18.2. The fourth-order valence-corrected chi connectivity index (χ4v) is 5.47. The van der Waals surface area contributed by atoms with E-state index >= 15 is 0 Å². The molecule has 10 nitrogen and oxygen atoms in total. The molecule has 1 aromatic carbocycles. The molecule has 0 saturated heterocycles. The number of pyridine rings is 1. The van der Waals surface area contributed by atoms with Crippen LogP contribution in [0, 0.1) is 6.92 Å². The number of benzene rings is 1. The topological polar surface area (TPSA) is 124 Å². The van der Waals surface area contributed by atoms with E-state index in [1.807, 2.05) is 31.3 Å². The summed E-state index contributed by atoms with van der Waals surface area (Å²) in [6.45, 7) is 5.96. The van der Waals surface area contributed by atoms with Crippen molar-refractivity contribution < 1.29 is 33.4 Å². The van der Waals surface area contributed by atoms with E-state index in [4.69, 9.17) is 19.2 Å². The second-order valence-corrected chi connectivity index (χ2v) is 9.76. The van der Waals surface area contributed by atoms with Gasteiger partial charge in [-0.15, -0.1) is 11.3 Å². The number of hydrogen-bond donors (Lipinski definition) is 1. The number of hydrogen-bond acceptors (Lipinski definition) is 10. The molecule has 3 aromatic rings. The molecule has 0 aliphatic carbocycles. The van der Waals surface area contributed by atoms with Crippen molar-refractivity contribution >= 4 is 51.1 Å². The molecule has 1 aliphatic rings. The molecule has 0 fully saturated rings. The normalized spacial score (nSPS) is 13.1. The monoisotopic (exact) mass is 539 g/mol. The minimum atomic E-state index is -0.678. The van der Waals surface area contributed by atoms with Crippen LogP contribution in [0.5, 0.6) is 0 Å². The maximum atomic E-state index is 13.3. The predicted molar refractivity (Wildman–Crippen MR) is 142 cm³/mol. The lowest BCUT2D eigenvalue weighted by Gasteiger charge is -2.26. The molecule has 0 saturated carbocycles. The summed E-state index contributed by atoms with van der Waals surface area (Å²) in [4.78, 5) is 58.1. The Bertz CT molecular complexity index is 1420. The molecule has 2 aromatic heterocycles. The van der Waals surface area contributed by atoms with Gasteiger partial charge >= 0.3 is 17.9 Å². The van der Waals surface area contributed by atoms with Crippen LogP contribution in [0.3, 0.4) is 0 Å². The van der Waals surface area contributed by atoms with E-state index in [-0.39, 0.29) is 28.7 Å². The molecule has 0 radical (unpaired) electrons. The maximum Gasteiger partial charge on any atom is 0.348 e. The number of thiophene rings is 1. The van der Waals surface area contributed by atoms with Crippen LogP contribution in [0.25, 0.3) is 10.9 Å². The number of nitrogens with one attached hydrogen (secondary N) is 1. The number of ether oxygens (including phenoxy) is 3. The van der Waals surface area contributed by atoms with Crippen molar-refractivity contribution in [2.24, 2.45) is 0 Å². The molecular weight excluding hydrogens is 510 g/mol. The summed E-state index contributed by atoms with van der Waals surface area (Å²) in [6.07, 6.45) is 0.703. The summed E-state index contributed by atoms with van der Waals surface area (Å²) in [6, 6.07) is 7.33. The van der Waals surface area contributed by atoms with Gasteiger partial charge in [0.25, 0.3) is 5.91 Å². The van der Waals surface area contributed by atoms with Crippen molar-refractivity contribution in [1.29, 1.82) is 0 Å². The fraction of sp³-hybridized carbons (Fsp3) is 0.370. The van der Waals surface area contributed by atoms with E-state index < -0.39 is 30.4 Å². The first-order valence-electron chi connectivity index (χ1n) is 12.3. The molecule has 0 bridgehead atoms. The zero-order valence-corrected chi connectivity index (χ0v) is 22.5. The highest BCUT2D eigenvalue weighted by molar-refractivity contribution is 7.18. The number of esters is 3. The number of carbonyl (C=O) groups excluding carboxylic acids is 4. The number of nitrogens with zero attached hydrogens (tertiary/aromatic N) is 2. The highest BCUT2D eigenvalue weighted by Gasteiger charge is 2.29. The third kappa shape index (κ3) is 5.53. The van der Waals surface area contributed by atoms with Gasteiger partial charge in [0.05, 0.1) is 29.9 Å². The summed E-state index contributed by atoms with van der Waals surface area (Å²) < 4.78 is 15.6. The minimum Gasteiger partial charge on any atom is -0.462 e. The fourth-order valence-electron chi connectivity index (χ4n) is 4.37. The molecular formula is C27H29N3O7S. The van der Waals surface area contributed by atoms with Crippen LogP contribution in [0.4, 0.5) is 5.00 Å². The lowest BCUT2D eigenvalue weighted by Crippen LogP contribution is -2.30. The van der Waals surface area contributed by atoms with E-state index in [2.05, 4.69) is 10.2 Å². The van der Waals surface area contributed by atoms with Crippen molar-refractivity contribution in [1.82, 2.24) is 9.88 Å². The number of aromatic nitrogens is 1. The van der Waals surface area contributed by atoms with Crippen molar-refractivity contribution in [2.45, 2.75) is 33.7 Å². The van der Waals surface area contributed by atoms with Crippen LogP contribution >= 0.6 is 11.3 Å². The van der Waals surface area contributed by atoms with Crippen LogP contribution in [-0.4, -0.2) is 67.1 Å². The van der Waals surface area contributed by atoms with E-state index in [0.29, 0.717) is 35.0 Å². The van der Waals surface area contributed by atoms with Gasteiger partial charge in [-0.25, -0.2) is 14.4 Å². The SMILES string of the molecule is CCOC(=O)c1sc(NC(=O)COC(=O)c2c3c(nc4ccccc24)CCN(C)C3)c(C(=O)OCC)c1C. The predicted octanol–water partition coefficient (Wildman–Crippen LogP) is 3.74. The second-order valence-electron chi connectivity index (χ2n) is 8.74. The van der Waals surface area contributed by atoms with Crippen LogP contribution < -0.4 is 5.32 Å². The van der Waals surface area contributed by atoms with Gasteiger partial charge in [-0.05, 0) is 39.4 Å². The number of likely N-dealkylation sites (N-methyl/N-ethyl adjacent to an activating group) is 1. The van der Waals surface area contributed by atoms with Gasteiger partial charge < -0.3 is 24.4 Å². The first kappa shape index (κ1) is 27.2. The number of para-hydroxylation sites is 1. The second kappa shape index (κ2) is 11.7. The summed E-state index contributed by atoms with van der Waals surface area (Å²) in [5.74, 6) is -2.58. The van der Waals surface area contributed by atoms with Gasteiger partial charge in [0, 0.05) is 36.2 Å². The van der Waals surface area contributed by atoms with E-state index in [1.165, 1.54) is 0 Å². The smallest absolute Gasteiger partial charge is 0.348 e. The van der Waals surface area contributed by atoms with E-state index in [0.717, 1.165) is 29.1 Å². The number of carbonyl (C=O) groups is 4. The van der Waals surface area contributed by atoms with Crippen LogP contribution in [-0.2, 0) is 32.0 Å². The largest absolute Gasteiger partial charge is 0.462 e. The van der Waals surface area contributed by atoms with Crippen molar-refractivity contribution in [2.75, 3.05) is 38.7 Å². The summed E-state index contributed by atoms with van der Waals surface area (Å²) >= 11 is 0.906. The quantitative estimate of drug-likeness (QED) is 0.337. The van der Waals surface area contributed by atoms with Crippen molar-refractivity contribution in [3.05, 3.63) is 57.1 Å². The molecule has 3 heterocycles. The highest BCUT2D eigenvalue weighted by Crippen LogP contribution is 2.34. The Labute approximate surface area is 223 Å². The molecule has 4 rings (SSSR count). The van der Waals surface area contributed by atoms with Crippen molar-refractivity contribution in [3.63, 3.8) is 0 Å². The third-order valence-corrected chi connectivity index (χ3v) is 7.30. The van der Waals surface area contributed by atoms with Crippen LogP contribution in [0.1, 0.15) is 61.1 Å². The van der Waals surface area contributed by atoms with Crippen molar-refractivity contribution in [3.8, 4) is 0 Å². The van der Waals surface area contributed by atoms with Gasteiger partial charge in [-0.2, -0.15) is 0 Å². The van der Waals surface area contributed by atoms with Gasteiger partial charge in [0.1, 0.15) is 9.88 Å². The zero-order valence-electron chi connectivity index (χ0n) is 21.7. The van der Waals surface area contributed by atoms with Gasteiger partial charge in [-0.1, -0.05) is 18.2 Å². The molecule has 200 valence electrons. The van der Waals surface area contributed by atoms with Crippen LogP contribution in [0.2, 0.25) is 0 Å². The molecule has 0 unspecified atom stereocenters. The molecule has 0 atom stereocenters. The average Bonchev–Trinajstić information content (AvgIpc) is 3.21. The molecule has 1 amide bonds. The van der Waals surface area contributed by atoms with Gasteiger partial charge in [0.2, 0.25) is 0 Å². The Morgan fingerprint density at radius 3 is 2.42 bits per heavy atom. The Morgan fingerprint density at radius 1 is 1.00 bits per heavy atom. The van der Waals surface area contributed by atoms with E-state index in [9.17, 15) is 19.2 Å². The number of rotatable bonds is 8. The summed E-state index contributed by atoms with van der Waals surface area (Å²) in [5, 5.41) is 3.38. The van der Waals surface area contributed by atoms with Crippen LogP contribution in [0.15, 0.2) is 24.3 Å². The lowest BCUT2D eigenvalue weighted by atomic mass is 9.96. The van der Waals surface area contributed by atoms with E-state index in [1.54, 1.807) is 20.8 Å². The summed E-state index contributed by atoms with van der Waals surface area (Å²) in [5.41, 5.74) is 3.13. The lowest BCUT2D eigenvalue weighted by molar-refractivity contribution is -0.119. The Balaban J connectivity index is 1.56. The van der Waals surface area contributed by atoms with Gasteiger partial charge in [0.15, 0.2) is 6.61 Å². The third-order valence-electron chi connectivity index (χ3n) is 6.12. The minimum absolute atomic E-state index is 0.0665. The first-order valence-corrected chi connectivity index (χ1v) is 13.1. The Hall–Kier alpha value is -3.83. The molecule has 1 N–H and O–H groups in total. The molecule has 0 spiro atoms. The Kier molecular flexibility index (Phi) is 8.38. The maximum absolute atomic E-state index is 13.3. The zero-order chi connectivity index (χ0) is 27.4. The molecule has 38 heavy (non-hydrogen) atoms. The standard InChI is InChI=1S/C27H29N3O7S/c1-5-35-25(32)21-15(3)23(27(34)36-6-2)38-24(21)29-20(31)14-37-26(33)22-16-9-7-8-10-18(16)28-19-11-12-30(4)13-17(19)22/h7-10H,5-6,11-14H2,1-4H3,(H,29,31). The average molecular weight is 540 g/mol.